The highest BCUT2D eigenvalue weighted by Gasteiger charge is 2.61. The second-order valence-electron chi connectivity index (χ2n) is 5.69. The molecule has 2 rings (SSSR count). The van der Waals surface area contributed by atoms with Crippen LogP contribution in [0.2, 0.25) is 0 Å². The smallest absolute Gasteiger partial charge is 0.310 e. The molecule has 0 N–H and O–H groups in total. The lowest BCUT2D eigenvalue weighted by molar-refractivity contribution is -0.147. The molecule has 23 heavy (non-hydrogen) atoms. The summed E-state index contributed by atoms with van der Waals surface area (Å²) in [6, 6.07) is 0. The van der Waals surface area contributed by atoms with E-state index in [9.17, 15) is 22.4 Å². The van der Waals surface area contributed by atoms with Crippen LogP contribution < -0.4 is 0 Å². The van der Waals surface area contributed by atoms with Crippen molar-refractivity contribution in [2.45, 2.75) is 20.5 Å². The number of aromatic nitrogens is 1. The number of ether oxygens (including phenoxy) is 1. The first-order valence-electron chi connectivity index (χ1n) is 6.45. The van der Waals surface area contributed by atoms with Crippen LogP contribution in [0.3, 0.4) is 0 Å². The zero-order valence-electron chi connectivity index (χ0n) is 12.0. The molecule has 1 fully saturated rings. The van der Waals surface area contributed by atoms with E-state index in [0.29, 0.717) is 0 Å². The summed E-state index contributed by atoms with van der Waals surface area (Å²) in [5.74, 6) is -8.73. The number of nitrogens with zero attached hydrogens (tertiary/aromatic N) is 1. The molecule has 1 aromatic heterocycles. The normalized spacial score (nSPS) is 21.7. The van der Waals surface area contributed by atoms with Crippen molar-refractivity contribution in [1.82, 2.24) is 4.98 Å². The Morgan fingerprint density at radius 1 is 1.22 bits per heavy atom. The van der Waals surface area contributed by atoms with Gasteiger partial charge < -0.3 is 4.74 Å². The molecule has 0 unspecified atom stereocenters. The summed E-state index contributed by atoms with van der Waals surface area (Å²) < 4.78 is 57.6. The van der Waals surface area contributed by atoms with Gasteiger partial charge in [-0.05, 0) is 17.4 Å². The average molecular weight is 372 g/mol. The average Bonchev–Trinajstić information content (AvgIpc) is 2.96. The van der Waals surface area contributed by atoms with Crippen molar-refractivity contribution in [2.24, 2.45) is 17.3 Å². The van der Waals surface area contributed by atoms with Crippen LogP contribution in [0.5, 0.6) is 0 Å². The molecule has 126 valence electrons. The van der Waals surface area contributed by atoms with Gasteiger partial charge >= 0.3 is 5.97 Å². The van der Waals surface area contributed by atoms with E-state index < -0.39 is 53.0 Å². The van der Waals surface area contributed by atoms with E-state index in [1.807, 2.05) is 0 Å². The summed E-state index contributed by atoms with van der Waals surface area (Å²) in [6.07, 6.45) is 1.46. The van der Waals surface area contributed by atoms with Gasteiger partial charge in [0, 0.05) is 0 Å². The van der Waals surface area contributed by atoms with Gasteiger partial charge in [0.15, 0.2) is 11.6 Å². The molecule has 0 aliphatic heterocycles. The van der Waals surface area contributed by atoms with Gasteiger partial charge in [0.05, 0.1) is 11.5 Å². The van der Waals surface area contributed by atoms with E-state index in [1.54, 1.807) is 13.8 Å². The predicted octanol–water partition coefficient (Wildman–Crippen LogP) is 4.27. The molecule has 0 bridgehead atoms. The highest BCUT2D eigenvalue weighted by Crippen LogP contribution is 2.60. The van der Waals surface area contributed by atoms with Crippen LogP contribution in [0.15, 0.2) is 10.6 Å². The van der Waals surface area contributed by atoms with E-state index in [0.717, 1.165) is 0 Å². The molecule has 2 atom stereocenters. The molecule has 0 amide bonds. The van der Waals surface area contributed by atoms with Crippen molar-refractivity contribution in [1.29, 1.82) is 0 Å². The van der Waals surface area contributed by atoms with Crippen molar-refractivity contribution in [3.63, 3.8) is 0 Å². The Hall–Kier alpha value is -1.34. The fourth-order valence-electron chi connectivity index (χ4n) is 2.46. The van der Waals surface area contributed by atoms with Crippen molar-refractivity contribution >= 4 is 29.2 Å². The Balaban J connectivity index is 2.11. The largest absolute Gasteiger partial charge is 0.460 e. The fourth-order valence-corrected chi connectivity index (χ4v) is 2.74. The second kappa shape index (κ2) is 6.28. The van der Waals surface area contributed by atoms with Gasteiger partial charge in [0.25, 0.3) is 11.9 Å². The maximum atomic E-state index is 13.4. The first-order chi connectivity index (χ1) is 10.6. The Morgan fingerprint density at radius 2 is 1.74 bits per heavy atom. The molecule has 0 radical (unpaired) electrons. The van der Waals surface area contributed by atoms with Gasteiger partial charge in [0.1, 0.15) is 11.1 Å². The van der Waals surface area contributed by atoms with Gasteiger partial charge in [-0.3, -0.25) is 4.79 Å². The number of esters is 1. The summed E-state index contributed by atoms with van der Waals surface area (Å²) >= 11 is 11.1. The Labute approximate surface area is 139 Å². The predicted molar refractivity (Wildman–Crippen MR) is 74.4 cm³/mol. The molecule has 1 aromatic rings. The quantitative estimate of drug-likeness (QED) is 0.450. The minimum Gasteiger partial charge on any atom is -0.460 e. The number of hydrogen-bond acceptors (Lipinski definition) is 3. The van der Waals surface area contributed by atoms with Crippen LogP contribution in [-0.2, 0) is 16.1 Å². The number of halogens is 6. The maximum Gasteiger partial charge on any atom is 0.310 e. The topological polar surface area (TPSA) is 39.2 Å². The Morgan fingerprint density at radius 3 is 2.22 bits per heavy atom. The summed E-state index contributed by atoms with van der Waals surface area (Å²) in [5.41, 5.74) is -1.54. The summed E-state index contributed by atoms with van der Waals surface area (Å²) in [6.45, 7) is 2.55. The molecule has 1 aliphatic rings. The lowest BCUT2D eigenvalue weighted by atomic mass is 10.1. The van der Waals surface area contributed by atoms with Crippen LogP contribution >= 0.6 is 23.2 Å². The molecule has 3 nitrogen and oxygen atoms in total. The zero-order chi connectivity index (χ0) is 17.5. The van der Waals surface area contributed by atoms with Crippen molar-refractivity contribution in [3.05, 3.63) is 39.7 Å². The molecule has 0 aromatic carbocycles. The number of carbonyl (C=O) groups excluding carboxylic acids is 1. The molecule has 1 saturated carbocycles. The first-order valence-corrected chi connectivity index (χ1v) is 7.21. The van der Waals surface area contributed by atoms with E-state index in [2.05, 4.69) is 4.98 Å². The van der Waals surface area contributed by atoms with Gasteiger partial charge in [-0.25, -0.2) is 8.78 Å². The molecule has 1 heterocycles. The fraction of sp³-hybridized carbons (Fsp3) is 0.429. The van der Waals surface area contributed by atoms with Crippen molar-refractivity contribution in [2.75, 3.05) is 0 Å². The third-order valence-corrected chi connectivity index (χ3v) is 4.17. The highest BCUT2D eigenvalue weighted by atomic mass is 35.5. The standard InChI is InChI=1S/C14H11Cl2F4NO2/c1-14(2)6(3-7(15)16)8(14)13(22)23-4-5-9(17)11(19)21-12(20)10(5)18/h3,6,8H,4H2,1-2H3/t6-,8-/m1/s1. The maximum absolute atomic E-state index is 13.4. The van der Waals surface area contributed by atoms with Crippen molar-refractivity contribution < 1.29 is 27.1 Å². The first kappa shape index (κ1) is 18.0. The van der Waals surface area contributed by atoms with Gasteiger partial charge in [-0.1, -0.05) is 37.0 Å². The van der Waals surface area contributed by atoms with Gasteiger partial charge in [0.2, 0.25) is 0 Å². The Bertz CT molecular complexity index is 664. The monoisotopic (exact) mass is 371 g/mol. The van der Waals surface area contributed by atoms with E-state index >= 15 is 0 Å². The molecule has 9 heteroatoms. The zero-order valence-corrected chi connectivity index (χ0v) is 13.5. The van der Waals surface area contributed by atoms with Crippen LogP contribution in [0.25, 0.3) is 0 Å². The summed E-state index contributed by atoms with van der Waals surface area (Å²) in [5, 5.41) is 0. The molecule has 1 aliphatic carbocycles. The number of hydrogen-bond donors (Lipinski definition) is 0. The second-order valence-corrected chi connectivity index (χ2v) is 6.70. The SMILES string of the molecule is CC1(C)[C@H](C=C(Cl)Cl)[C@@H]1C(=O)OCc1c(F)c(F)nc(F)c1F. The number of allylic oxidation sites excluding steroid dienone is 1. The van der Waals surface area contributed by atoms with Crippen molar-refractivity contribution in [3.8, 4) is 0 Å². The Kier molecular flexibility index (Phi) is 4.92. The van der Waals surface area contributed by atoms with E-state index in [-0.39, 0.29) is 10.4 Å². The lowest BCUT2D eigenvalue weighted by Gasteiger charge is -2.08. The number of carbonyl (C=O) groups is 1. The minimum absolute atomic E-state index is 0.0197. The third kappa shape index (κ3) is 3.45. The highest BCUT2D eigenvalue weighted by molar-refractivity contribution is 6.55. The molecular weight excluding hydrogens is 361 g/mol. The summed E-state index contributed by atoms with van der Waals surface area (Å²) in [7, 11) is 0. The number of rotatable bonds is 4. The van der Waals surface area contributed by atoms with Crippen LogP contribution in [-0.4, -0.2) is 11.0 Å². The van der Waals surface area contributed by atoms with E-state index in [4.69, 9.17) is 27.9 Å². The van der Waals surface area contributed by atoms with Crippen LogP contribution in [0.4, 0.5) is 17.6 Å². The summed E-state index contributed by atoms with van der Waals surface area (Å²) in [4.78, 5) is 14.4. The third-order valence-electron chi connectivity index (χ3n) is 3.92. The minimum atomic E-state index is -1.81. The molecular formula is C14H11Cl2F4NO2. The molecule has 0 spiro atoms. The van der Waals surface area contributed by atoms with Gasteiger partial charge in [-0.15, -0.1) is 0 Å². The molecule has 0 saturated heterocycles. The lowest BCUT2D eigenvalue weighted by Crippen LogP contribution is -2.14. The van der Waals surface area contributed by atoms with Crippen LogP contribution in [0, 0.1) is 40.8 Å². The van der Waals surface area contributed by atoms with E-state index in [1.165, 1.54) is 6.08 Å². The van der Waals surface area contributed by atoms with Crippen LogP contribution in [0.1, 0.15) is 19.4 Å². The number of pyridine rings is 1. The van der Waals surface area contributed by atoms with Gasteiger partial charge in [-0.2, -0.15) is 13.8 Å².